The van der Waals surface area contributed by atoms with Crippen LogP contribution in [0.25, 0.3) is 10.4 Å². The summed E-state index contributed by atoms with van der Waals surface area (Å²) in [6.07, 6.45) is 0. The lowest BCUT2D eigenvalue weighted by Gasteiger charge is -2.06. The van der Waals surface area contributed by atoms with Crippen molar-refractivity contribution in [3.8, 4) is 10.4 Å². The second kappa shape index (κ2) is 4.58. The zero-order valence-electron chi connectivity index (χ0n) is 9.38. The molecular weight excluding hydrogens is 238 g/mol. The smallest absolute Gasteiger partial charge is 0.0495 e. The molecule has 0 aliphatic heterocycles. The van der Waals surface area contributed by atoms with Gasteiger partial charge in [-0.05, 0) is 49.2 Å². The lowest BCUT2D eigenvalue weighted by molar-refractivity contribution is 1.11. The molecular formula is C13H14ClNS. The lowest BCUT2D eigenvalue weighted by Crippen LogP contribution is -1.91. The van der Waals surface area contributed by atoms with Gasteiger partial charge in [0.25, 0.3) is 0 Å². The normalized spacial score (nSPS) is 10.8. The highest BCUT2D eigenvalue weighted by molar-refractivity contribution is 7.15. The van der Waals surface area contributed by atoms with Gasteiger partial charge < -0.3 is 5.73 Å². The molecule has 1 heterocycles. The predicted octanol–water partition coefficient (Wildman–Crippen LogP) is 4.14. The van der Waals surface area contributed by atoms with Gasteiger partial charge in [-0.25, -0.2) is 0 Å². The summed E-state index contributed by atoms with van der Waals surface area (Å²) in [5.41, 5.74) is 9.21. The van der Waals surface area contributed by atoms with Gasteiger partial charge in [0.05, 0.1) is 0 Å². The Morgan fingerprint density at radius 1 is 1.19 bits per heavy atom. The second-order valence-electron chi connectivity index (χ2n) is 3.89. The van der Waals surface area contributed by atoms with Gasteiger partial charge in [-0.15, -0.1) is 11.3 Å². The average Bonchev–Trinajstić information content (AvgIpc) is 2.71. The first-order valence-electron chi connectivity index (χ1n) is 5.17. The zero-order chi connectivity index (χ0) is 11.7. The minimum Gasteiger partial charge on any atom is -0.326 e. The molecule has 0 aliphatic carbocycles. The van der Waals surface area contributed by atoms with Crippen LogP contribution in [0, 0.1) is 13.8 Å². The standard InChI is InChI=1S/C13H14ClNS/c1-8-5-11(12(14)6-9(8)2)13-4-3-10(7-15)16-13/h3-6H,7,15H2,1-2H3. The van der Waals surface area contributed by atoms with E-state index in [9.17, 15) is 0 Å². The Morgan fingerprint density at radius 2 is 1.88 bits per heavy atom. The quantitative estimate of drug-likeness (QED) is 0.853. The number of rotatable bonds is 2. The van der Waals surface area contributed by atoms with E-state index in [1.165, 1.54) is 20.9 Å². The molecule has 84 valence electrons. The molecule has 16 heavy (non-hydrogen) atoms. The number of benzene rings is 1. The molecule has 1 nitrogen and oxygen atoms in total. The monoisotopic (exact) mass is 251 g/mol. The Balaban J connectivity index is 2.51. The molecule has 0 saturated heterocycles. The number of aryl methyl sites for hydroxylation is 2. The predicted molar refractivity (Wildman–Crippen MR) is 72.1 cm³/mol. The van der Waals surface area contributed by atoms with Crippen molar-refractivity contribution in [1.29, 1.82) is 0 Å². The molecule has 2 N–H and O–H groups in total. The Hall–Kier alpha value is -0.830. The lowest BCUT2D eigenvalue weighted by atomic mass is 10.1. The van der Waals surface area contributed by atoms with Crippen LogP contribution in [0.5, 0.6) is 0 Å². The fraction of sp³-hybridized carbons (Fsp3) is 0.231. The SMILES string of the molecule is Cc1cc(Cl)c(-c2ccc(CN)s2)cc1C. The topological polar surface area (TPSA) is 26.0 Å². The molecule has 1 aromatic carbocycles. The van der Waals surface area contributed by atoms with Gasteiger partial charge in [-0.2, -0.15) is 0 Å². The minimum absolute atomic E-state index is 0.590. The summed E-state index contributed by atoms with van der Waals surface area (Å²) in [6.45, 7) is 4.77. The largest absolute Gasteiger partial charge is 0.326 e. The maximum atomic E-state index is 6.26. The van der Waals surface area contributed by atoms with Crippen molar-refractivity contribution in [3.63, 3.8) is 0 Å². The maximum Gasteiger partial charge on any atom is 0.0495 e. The molecule has 0 amide bonds. The molecule has 0 saturated carbocycles. The number of hydrogen-bond acceptors (Lipinski definition) is 2. The summed E-state index contributed by atoms with van der Waals surface area (Å²) in [5, 5.41) is 0.813. The van der Waals surface area contributed by atoms with Crippen molar-refractivity contribution in [2.45, 2.75) is 20.4 Å². The van der Waals surface area contributed by atoms with E-state index in [0.717, 1.165) is 10.6 Å². The summed E-state index contributed by atoms with van der Waals surface area (Å²) in [4.78, 5) is 2.37. The second-order valence-corrected chi connectivity index (χ2v) is 5.46. The highest BCUT2D eigenvalue weighted by Gasteiger charge is 2.08. The summed E-state index contributed by atoms with van der Waals surface area (Å²) >= 11 is 7.97. The van der Waals surface area contributed by atoms with E-state index in [1.807, 2.05) is 6.07 Å². The van der Waals surface area contributed by atoms with E-state index >= 15 is 0 Å². The summed E-state index contributed by atoms with van der Waals surface area (Å²) < 4.78 is 0. The number of halogens is 1. The van der Waals surface area contributed by atoms with E-state index in [2.05, 4.69) is 32.0 Å². The first kappa shape index (κ1) is 11.6. The van der Waals surface area contributed by atoms with Crippen LogP contribution in [0.2, 0.25) is 5.02 Å². The maximum absolute atomic E-state index is 6.26. The highest BCUT2D eigenvalue weighted by atomic mass is 35.5. The van der Waals surface area contributed by atoms with Crippen molar-refractivity contribution < 1.29 is 0 Å². The highest BCUT2D eigenvalue weighted by Crippen LogP contribution is 2.34. The number of hydrogen-bond donors (Lipinski definition) is 1. The van der Waals surface area contributed by atoms with E-state index in [4.69, 9.17) is 17.3 Å². The minimum atomic E-state index is 0.590. The van der Waals surface area contributed by atoms with E-state index in [-0.39, 0.29) is 0 Å². The molecule has 0 aliphatic rings. The Kier molecular flexibility index (Phi) is 3.33. The van der Waals surface area contributed by atoms with Crippen LogP contribution >= 0.6 is 22.9 Å². The van der Waals surface area contributed by atoms with Crippen LogP contribution in [0.3, 0.4) is 0 Å². The molecule has 1 aromatic heterocycles. The molecule has 2 rings (SSSR count). The average molecular weight is 252 g/mol. The summed E-state index contributed by atoms with van der Waals surface area (Å²) in [6, 6.07) is 8.31. The fourth-order valence-electron chi connectivity index (χ4n) is 1.60. The van der Waals surface area contributed by atoms with Crippen LogP contribution < -0.4 is 5.73 Å². The van der Waals surface area contributed by atoms with Gasteiger partial charge >= 0.3 is 0 Å². The third-order valence-corrected chi connectivity index (χ3v) is 4.17. The van der Waals surface area contributed by atoms with Gasteiger partial charge in [-0.1, -0.05) is 11.6 Å². The van der Waals surface area contributed by atoms with Gasteiger partial charge in [0.1, 0.15) is 0 Å². The van der Waals surface area contributed by atoms with Gasteiger partial charge in [0.2, 0.25) is 0 Å². The van der Waals surface area contributed by atoms with Crippen LogP contribution in [0.1, 0.15) is 16.0 Å². The van der Waals surface area contributed by atoms with Crippen molar-refractivity contribution in [3.05, 3.63) is 45.3 Å². The van der Waals surface area contributed by atoms with E-state index in [0.29, 0.717) is 6.54 Å². The first-order valence-corrected chi connectivity index (χ1v) is 6.37. The van der Waals surface area contributed by atoms with Gasteiger partial charge in [-0.3, -0.25) is 0 Å². The van der Waals surface area contributed by atoms with E-state index in [1.54, 1.807) is 11.3 Å². The third kappa shape index (κ3) is 2.14. The van der Waals surface area contributed by atoms with Crippen molar-refractivity contribution in [1.82, 2.24) is 0 Å². The van der Waals surface area contributed by atoms with Crippen molar-refractivity contribution in [2.24, 2.45) is 5.73 Å². The van der Waals surface area contributed by atoms with E-state index < -0.39 is 0 Å². The Bertz CT molecular complexity index is 517. The van der Waals surface area contributed by atoms with Crippen molar-refractivity contribution >= 4 is 22.9 Å². The number of nitrogens with two attached hydrogens (primary N) is 1. The first-order chi connectivity index (χ1) is 7.61. The molecule has 0 bridgehead atoms. The van der Waals surface area contributed by atoms with Crippen molar-refractivity contribution in [2.75, 3.05) is 0 Å². The molecule has 2 aromatic rings. The Morgan fingerprint density at radius 3 is 2.50 bits per heavy atom. The van der Waals surface area contributed by atoms with Gasteiger partial charge in [0.15, 0.2) is 0 Å². The van der Waals surface area contributed by atoms with Crippen LogP contribution in [0.15, 0.2) is 24.3 Å². The molecule has 0 atom stereocenters. The Labute approximate surface area is 105 Å². The molecule has 0 radical (unpaired) electrons. The third-order valence-electron chi connectivity index (χ3n) is 2.71. The fourth-order valence-corrected chi connectivity index (χ4v) is 2.90. The molecule has 0 spiro atoms. The summed E-state index contributed by atoms with van der Waals surface area (Å²) in [7, 11) is 0. The molecule has 0 fully saturated rings. The van der Waals surface area contributed by atoms with Crippen LogP contribution in [-0.2, 0) is 6.54 Å². The van der Waals surface area contributed by atoms with Gasteiger partial charge in [0, 0.05) is 26.9 Å². The molecule has 0 unspecified atom stereocenters. The molecule has 3 heteroatoms. The zero-order valence-corrected chi connectivity index (χ0v) is 11.0. The summed E-state index contributed by atoms with van der Waals surface area (Å²) in [5.74, 6) is 0. The van der Waals surface area contributed by atoms with Crippen LogP contribution in [-0.4, -0.2) is 0 Å². The van der Waals surface area contributed by atoms with Crippen LogP contribution in [0.4, 0.5) is 0 Å². The number of thiophene rings is 1.